The molecule has 0 fully saturated rings. The number of hydrogen-bond acceptors (Lipinski definition) is 2. The summed E-state index contributed by atoms with van der Waals surface area (Å²) >= 11 is 0. The van der Waals surface area contributed by atoms with Crippen LogP contribution in [0.5, 0.6) is 0 Å². The van der Waals surface area contributed by atoms with Gasteiger partial charge in [-0.1, -0.05) is 36.8 Å². The van der Waals surface area contributed by atoms with Crippen LogP contribution < -0.4 is 0 Å². The molecular weight excluding hydrogens is 248 g/mol. The van der Waals surface area contributed by atoms with Crippen molar-refractivity contribution >= 4 is 0 Å². The Bertz CT molecular complexity index is 410. The topological polar surface area (TPSA) is 18.5 Å². The molecule has 0 aliphatic carbocycles. The molecule has 0 unspecified atom stereocenters. The van der Waals surface area contributed by atoms with Crippen LogP contribution >= 0.6 is 0 Å². The van der Waals surface area contributed by atoms with Crippen molar-refractivity contribution < 1.29 is 9.47 Å². The van der Waals surface area contributed by atoms with Crippen molar-refractivity contribution in [1.82, 2.24) is 0 Å². The first-order valence-electron chi connectivity index (χ1n) is 7.29. The van der Waals surface area contributed by atoms with Crippen molar-refractivity contribution in [2.45, 2.75) is 59.0 Å². The third-order valence-electron chi connectivity index (χ3n) is 2.94. The third-order valence-corrected chi connectivity index (χ3v) is 2.94. The molecular formula is C18H26O2. The zero-order valence-electron chi connectivity index (χ0n) is 13.0. The van der Waals surface area contributed by atoms with Gasteiger partial charge in [0.15, 0.2) is 6.29 Å². The van der Waals surface area contributed by atoms with E-state index in [-0.39, 0.29) is 18.5 Å². The van der Waals surface area contributed by atoms with Crippen molar-refractivity contribution in [2.75, 3.05) is 0 Å². The fourth-order valence-electron chi connectivity index (χ4n) is 2.07. The van der Waals surface area contributed by atoms with Gasteiger partial charge < -0.3 is 9.47 Å². The molecule has 0 bridgehead atoms. The number of rotatable bonds is 6. The molecule has 1 heterocycles. The molecule has 0 aromatic carbocycles. The van der Waals surface area contributed by atoms with Crippen molar-refractivity contribution in [3.8, 4) is 12.3 Å². The SMILES string of the molecule is C#CC[C@@H](C)/C=C(C)\C=C\[C@@H]1CC=C[C@@H](OC(C)C)O1. The smallest absolute Gasteiger partial charge is 0.177 e. The Kier molecular flexibility index (Phi) is 7.36. The van der Waals surface area contributed by atoms with Gasteiger partial charge in [-0.05, 0) is 39.2 Å². The van der Waals surface area contributed by atoms with E-state index in [1.54, 1.807) is 0 Å². The first kappa shape index (κ1) is 16.8. The van der Waals surface area contributed by atoms with Gasteiger partial charge in [0.05, 0.1) is 12.2 Å². The molecule has 0 saturated carbocycles. The molecule has 0 amide bonds. The monoisotopic (exact) mass is 274 g/mol. The molecule has 0 aromatic heterocycles. The Morgan fingerprint density at radius 2 is 2.25 bits per heavy atom. The lowest BCUT2D eigenvalue weighted by molar-refractivity contribution is -0.154. The highest BCUT2D eigenvalue weighted by Gasteiger charge is 2.17. The van der Waals surface area contributed by atoms with Crippen LogP contribution in [0.2, 0.25) is 0 Å². The summed E-state index contributed by atoms with van der Waals surface area (Å²) in [4.78, 5) is 0. The van der Waals surface area contributed by atoms with E-state index < -0.39 is 0 Å². The summed E-state index contributed by atoms with van der Waals surface area (Å²) in [6, 6.07) is 0. The Hall–Kier alpha value is -1.30. The summed E-state index contributed by atoms with van der Waals surface area (Å²) in [6.45, 7) is 8.24. The predicted molar refractivity (Wildman–Crippen MR) is 84.2 cm³/mol. The lowest BCUT2D eigenvalue weighted by atomic mass is 10.0. The van der Waals surface area contributed by atoms with Gasteiger partial charge >= 0.3 is 0 Å². The van der Waals surface area contributed by atoms with E-state index in [4.69, 9.17) is 15.9 Å². The maximum atomic E-state index is 5.84. The van der Waals surface area contributed by atoms with E-state index in [0.29, 0.717) is 5.92 Å². The normalized spacial score (nSPS) is 25.1. The molecule has 0 saturated heterocycles. The fourth-order valence-corrected chi connectivity index (χ4v) is 2.07. The van der Waals surface area contributed by atoms with Crippen LogP contribution in [0.1, 0.15) is 40.5 Å². The second kappa shape index (κ2) is 8.79. The van der Waals surface area contributed by atoms with Crippen LogP contribution in [0.25, 0.3) is 0 Å². The molecule has 2 nitrogen and oxygen atoms in total. The number of allylic oxidation sites excluding steroid dienone is 3. The maximum absolute atomic E-state index is 5.84. The molecule has 1 rings (SSSR count). The summed E-state index contributed by atoms with van der Waals surface area (Å²) in [5.41, 5.74) is 1.22. The van der Waals surface area contributed by atoms with Gasteiger partial charge in [0.25, 0.3) is 0 Å². The van der Waals surface area contributed by atoms with Gasteiger partial charge in [0.2, 0.25) is 0 Å². The van der Waals surface area contributed by atoms with Crippen LogP contribution in [0.3, 0.4) is 0 Å². The van der Waals surface area contributed by atoms with E-state index >= 15 is 0 Å². The van der Waals surface area contributed by atoms with E-state index in [1.165, 1.54) is 5.57 Å². The lowest BCUT2D eigenvalue weighted by Crippen LogP contribution is -2.27. The second-order valence-electron chi connectivity index (χ2n) is 5.55. The highest BCUT2D eigenvalue weighted by atomic mass is 16.7. The number of terminal acetylenes is 1. The molecule has 1 aliphatic rings. The van der Waals surface area contributed by atoms with Gasteiger partial charge in [-0.2, -0.15) is 0 Å². The van der Waals surface area contributed by atoms with Crippen LogP contribution in [0, 0.1) is 18.3 Å². The van der Waals surface area contributed by atoms with Gasteiger partial charge in [-0.3, -0.25) is 0 Å². The first-order valence-corrected chi connectivity index (χ1v) is 7.29. The van der Waals surface area contributed by atoms with E-state index in [0.717, 1.165) is 12.8 Å². The fraction of sp³-hybridized carbons (Fsp3) is 0.556. The second-order valence-corrected chi connectivity index (χ2v) is 5.55. The average Bonchev–Trinajstić information content (AvgIpc) is 2.36. The van der Waals surface area contributed by atoms with Crippen LogP contribution in [-0.4, -0.2) is 18.5 Å². The third kappa shape index (κ3) is 6.75. The van der Waals surface area contributed by atoms with Crippen molar-refractivity contribution in [2.24, 2.45) is 5.92 Å². The Balaban J connectivity index is 2.50. The summed E-state index contributed by atoms with van der Waals surface area (Å²) in [7, 11) is 0. The summed E-state index contributed by atoms with van der Waals surface area (Å²) in [5.74, 6) is 3.09. The quantitative estimate of drug-likeness (QED) is 0.409. The molecule has 1 aliphatic heterocycles. The molecule has 20 heavy (non-hydrogen) atoms. The van der Waals surface area contributed by atoms with Crippen LogP contribution in [0.4, 0.5) is 0 Å². The Morgan fingerprint density at radius 1 is 1.50 bits per heavy atom. The Morgan fingerprint density at radius 3 is 2.90 bits per heavy atom. The van der Waals surface area contributed by atoms with Crippen molar-refractivity contribution in [1.29, 1.82) is 0 Å². The summed E-state index contributed by atoms with van der Waals surface area (Å²) in [5, 5.41) is 0. The van der Waals surface area contributed by atoms with Gasteiger partial charge in [0, 0.05) is 6.42 Å². The van der Waals surface area contributed by atoms with Crippen molar-refractivity contribution in [3.63, 3.8) is 0 Å². The molecule has 0 N–H and O–H groups in total. The molecule has 3 atom stereocenters. The van der Waals surface area contributed by atoms with Gasteiger partial charge in [0.1, 0.15) is 0 Å². The molecule has 2 heteroatoms. The first-order chi connectivity index (χ1) is 9.51. The maximum Gasteiger partial charge on any atom is 0.177 e. The van der Waals surface area contributed by atoms with Crippen molar-refractivity contribution in [3.05, 3.63) is 36.0 Å². The standard InChI is InChI=1S/C18H26O2/c1-6-8-15(4)13-16(5)11-12-17-9-7-10-18(20-17)19-14(2)3/h1,7,10-15,17-18H,8-9H2,2-5H3/b12-11+,16-13-/t15-,17+,18+/m1/s1. The summed E-state index contributed by atoms with van der Waals surface area (Å²) < 4.78 is 11.5. The number of hydrogen-bond donors (Lipinski definition) is 0. The zero-order chi connectivity index (χ0) is 15.0. The molecule has 110 valence electrons. The predicted octanol–water partition coefficient (Wildman–Crippen LogP) is 4.24. The minimum atomic E-state index is -0.233. The van der Waals surface area contributed by atoms with Crippen LogP contribution in [-0.2, 0) is 9.47 Å². The van der Waals surface area contributed by atoms with E-state index in [9.17, 15) is 0 Å². The number of ether oxygens (including phenoxy) is 2. The lowest BCUT2D eigenvalue weighted by Gasteiger charge is -2.25. The average molecular weight is 274 g/mol. The summed E-state index contributed by atoms with van der Waals surface area (Å²) in [6.07, 6.45) is 17.5. The van der Waals surface area contributed by atoms with Gasteiger partial charge in [-0.25, -0.2) is 0 Å². The van der Waals surface area contributed by atoms with E-state index in [2.05, 4.69) is 44.1 Å². The van der Waals surface area contributed by atoms with E-state index in [1.807, 2.05) is 19.9 Å². The Labute approximate surface area is 123 Å². The van der Waals surface area contributed by atoms with Gasteiger partial charge in [-0.15, -0.1) is 12.3 Å². The largest absolute Gasteiger partial charge is 0.346 e. The highest BCUT2D eigenvalue weighted by molar-refractivity contribution is 5.19. The minimum Gasteiger partial charge on any atom is -0.346 e. The van der Waals surface area contributed by atoms with Crippen LogP contribution in [0.15, 0.2) is 36.0 Å². The minimum absolute atomic E-state index is 0.0787. The zero-order valence-corrected chi connectivity index (χ0v) is 13.0. The highest BCUT2D eigenvalue weighted by Crippen LogP contribution is 2.17. The molecule has 0 aromatic rings. The molecule has 0 radical (unpaired) electrons. The molecule has 0 spiro atoms.